The number of hydrogen-bond donors (Lipinski definition) is 1. The summed E-state index contributed by atoms with van der Waals surface area (Å²) < 4.78 is 11.5. The Hall–Kier alpha value is -3.06. The molecule has 2 fully saturated rings. The number of hydrogen-bond acceptors (Lipinski definition) is 6. The lowest BCUT2D eigenvalue weighted by atomic mass is 9.95. The van der Waals surface area contributed by atoms with Gasteiger partial charge in [-0.05, 0) is 57.0 Å². The number of rotatable bonds is 7. The molecule has 0 spiro atoms. The Bertz CT molecular complexity index is 1050. The summed E-state index contributed by atoms with van der Waals surface area (Å²) in [4.78, 5) is 22.3. The molecular weight excluding hydrogens is 416 g/mol. The molecule has 2 aliphatic heterocycles. The van der Waals surface area contributed by atoms with Crippen molar-refractivity contribution >= 4 is 23.0 Å². The quantitative estimate of drug-likeness (QED) is 0.589. The summed E-state index contributed by atoms with van der Waals surface area (Å²) in [6.07, 6.45) is 4.00. The van der Waals surface area contributed by atoms with Crippen molar-refractivity contribution in [3.05, 3.63) is 54.1 Å². The van der Waals surface area contributed by atoms with Crippen LogP contribution in [0.5, 0.6) is 5.75 Å². The minimum atomic E-state index is 0.0162. The molecule has 33 heavy (non-hydrogen) atoms. The number of methoxy groups -OCH3 is 1. The molecule has 7 nitrogen and oxygen atoms in total. The highest BCUT2D eigenvalue weighted by atomic mass is 16.5. The molecule has 1 atom stereocenters. The van der Waals surface area contributed by atoms with E-state index in [2.05, 4.69) is 26.2 Å². The van der Waals surface area contributed by atoms with Crippen LogP contribution >= 0.6 is 0 Å². The van der Waals surface area contributed by atoms with E-state index >= 15 is 0 Å². The van der Waals surface area contributed by atoms with Gasteiger partial charge in [0.25, 0.3) is 6.01 Å². The molecule has 5 rings (SSSR count). The fraction of sp³-hybridized carbons (Fsp3) is 0.462. The lowest BCUT2D eigenvalue weighted by Crippen LogP contribution is -2.43. The number of oxazole rings is 1. The number of ether oxygens (including phenoxy) is 1. The Kier molecular flexibility index (Phi) is 6.48. The van der Waals surface area contributed by atoms with Crippen LogP contribution < -0.4 is 15.0 Å². The zero-order chi connectivity index (χ0) is 22.6. The fourth-order valence-corrected chi connectivity index (χ4v) is 5.10. The van der Waals surface area contributed by atoms with E-state index in [1.807, 2.05) is 42.5 Å². The van der Waals surface area contributed by atoms with E-state index in [4.69, 9.17) is 9.15 Å². The third-order valence-corrected chi connectivity index (χ3v) is 6.97. The van der Waals surface area contributed by atoms with Gasteiger partial charge in [-0.2, -0.15) is 4.98 Å². The molecule has 3 aromatic rings. The van der Waals surface area contributed by atoms with Gasteiger partial charge in [-0.3, -0.25) is 9.69 Å². The molecular formula is C26H32N4O3. The Balaban J connectivity index is 1.20. The van der Waals surface area contributed by atoms with Crippen LogP contribution in [0.3, 0.4) is 0 Å². The Morgan fingerprint density at radius 3 is 2.58 bits per heavy atom. The van der Waals surface area contributed by atoms with Crippen LogP contribution in [-0.4, -0.2) is 55.6 Å². The van der Waals surface area contributed by atoms with Crippen LogP contribution in [0, 0.1) is 5.92 Å². The first-order valence-electron chi connectivity index (χ1n) is 12.0. The number of benzene rings is 2. The molecule has 2 aliphatic rings. The second-order valence-corrected chi connectivity index (χ2v) is 8.97. The summed E-state index contributed by atoms with van der Waals surface area (Å²) in [5, 5.41) is 3.26. The first-order chi connectivity index (χ1) is 16.2. The number of fused-ring (bicyclic) bond motifs is 1. The molecule has 1 N–H and O–H groups in total. The first kappa shape index (κ1) is 21.8. The van der Waals surface area contributed by atoms with Gasteiger partial charge in [-0.25, -0.2) is 0 Å². The van der Waals surface area contributed by atoms with E-state index in [0.29, 0.717) is 12.6 Å². The predicted molar refractivity (Wildman–Crippen MR) is 128 cm³/mol. The number of carbonyl (C=O) groups excluding carboxylic acids is 1. The number of nitrogens with zero attached hydrogens (tertiary/aromatic N) is 3. The van der Waals surface area contributed by atoms with Crippen LogP contribution in [0.15, 0.2) is 52.9 Å². The standard InChI is InChI=1S/C26H32N4O3/c1-32-23-10-4-2-8-20(23)22(29-14-6-7-15-29)18-27-25(31)19-12-16-30(17-13-19)26-28-21-9-3-5-11-24(21)33-26/h2-5,8-11,19,22H,6-7,12-18H2,1H3,(H,27,31)/t22-/m1/s1. The summed E-state index contributed by atoms with van der Waals surface area (Å²) in [7, 11) is 1.71. The van der Waals surface area contributed by atoms with Gasteiger partial charge < -0.3 is 19.4 Å². The van der Waals surface area contributed by atoms with E-state index in [1.165, 1.54) is 12.8 Å². The van der Waals surface area contributed by atoms with Gasteiger partial charge >= 0.3 is 0 Å². The topological polar surface area (TPSA) is 70.8 Å². The molecule has 174 valence electrons. The molecule has 1 amide bonds. The van der Waals surface area contributed by atoms with Crippen molar-refractivity contribution < 1.29 is 13.9 Å². The van der Waals surface area contributed by atoms with E-state index in [-0.39, 0.29) is 17.9 Å². The summed E-state index contributed by atoms with van der Waals surface area (Å²) >= 11 is 0. The molecule has 7 heteroatoms. The van der Waals surface area contributed by atoms with Crippen molar-refractivity contribution in [3.63, 3.8) is 0 Å². The summed E-state index contributed by atoms with van der Waals surface area (Å²) in [5.41, 5.74) is 2.82. The largest absolute Gasteiger partial charge is 0.496 e. The fourth-order valence-electron chi connectivity index (χ4n) is 5.10. The lowest BCUT2D eigenvalue weighted by Gasteiger charge is -2.32. The first-order valence-corrected chi connectivity index (χ1v) is 12.0. The molecule has 1 aromatic heterocycles. The van der Waals surface area contributed by atoms with Gasteiger partial charge in [-0.15, -0.1) is 0 Å². The second-order valence-electron chi connectivity index (χ2n) is 8.97. The van der Waals surface area contributed by atoms with E-state index in [9.17, 15) is 4.79 Å². The molecule has 0 saturated carbocycles. The van der Waals surface area contributed by atoms with Crippen LogP contribution in [0.2, 0.25) is 0 Å². The zero-order valence-electron chi connectivity index (χ0n) is 19.2. The minimum absolute atomic E-state index is 0.0162. The van der Waals surface area contributed by atoms with Crippen molar-refractivity contribution in [2.24, 2.45) is 5.92 Å². The molecule has 2 aromatic carbocycles. The van der Waals surface area contributed by atoms with E-state index in [0.717, 1.165) is 61.4 Å². The highest BCUT2D eigenvalue weighted by Gasteiger charge is 2.30. The van der Waals surface area contributed by atoms with Crippen molar-refractivity contribution in [3.8, 4) is 5.75 Å². The predicted octanol–water partition coefficient (Wildman–Crippen LogP) is 4.01. The van der Waals surface area contributed by atoms with E-state index in [1.54, 1.807) is 7.11 Å². The Labute approximate surface area is 194 Å². The summed E-state index contributed by atoms with van der Waals surface area (Å²) in [6.45, 7) is 4.26. The average Bonchev–Trinajstić information content (AvgIpc) is 3.55. The number of anilines is 1. The third kappa shape index (κ3) is 4.69. The molecule has 2 saturated heterocycles. The number of amides is 1. The second kappa shape index (κ2) is 9.83. The smallest absolute Gasteiger partial charge is 0.298 e. The van der Waals surface area contributed by atoms with Gasteiger partial charge in [-0.1, -0.05) is 30.3 Å². The lowest BCUT2D eigenvalue weighted by molar-refractivity contribution is -0.125. The van der Waals surface area contributed by atoms with E-state index < -0.39 is 0 Å². The number of nitrogens with one attached hydrogen (secondary N) is 1. The van der Waals surface area contributed by atoms with Gasteiger partial charge in [0.15, 0.2) is 5.58 Å². The number of likely N-dealkylation sites (tertiary alicyclic amines) is 1. The van der Waals surface area contributed by atoms with Crippen LogP contribution in [0.1, 0.15) is 37.3 Å². The monoisotopic (exact) mass is 448 g/mol. The molecule has 0 aliphatic carbocycles. The number of piperidine rings is 1. The van der Waals surface area contributed by atoms with Crippen LogP contribution in [0.4, 0.5) is 6.01 Å². The maximum atomic E-state index is 13.1. The molecule has 3 heterocycles. The highest BCUT2D eigenvalue weighted by molar-refractivity contribution is 5.79. The Morgan fingerprint density at radius 1 is 1.09 bits per heavy atom. The number of carbonyl (C=O) groups is 1. The molecule has 0 unspecified atom stereocenters. The highest BCUT2D eigenvalue weighted by Crippen LogP contribution is 2.32. The normalized spacial score (nSPS) is 18.5. The SMILES string of the molecule is COc1ccccc1[C@@H](CNC(=O)C1CCN(c2nc3ccccc3o2)CC1)N1CCCC1. The molecule has 0 bridgehead atoms. The van der Waals surface area contributed by atoms with Gasteiger partial charge in [0.1, 0.15) is 11.3 Å². The zero-order valence-corrected chi connectivity index (χ0v) is 19.2. The summed E-state index contributed by atoms with van der Waals surface area (Å²) in [5.74, 6) is 1.05. The number of para-hydroxylation sites is 3. The third-order valence-electron chi connectivity index (χ3n) is 6.97. The van der Waals surface area contributed by atoms with Gasteiger partial charge in [0.2, 0.25) is 5.91 Å². The maximum Gasteiger partial charge on any atom is 0.298 e. The van der Waals surface area contributed by atoms with Crippen molar-refractivity contribution in [2.75, 3.05) is 44.7 Å². The van der Waals surface area contributed by atoms with Crippen molar-refractivity contribution in [1.29, 1.82) is 0 Å². The Morgan fingerprint density at radius 2 is 1.82 bits per heavy atom. The maximum absolute atomic E-state index is 13.1. The summed E-state index contributed by atoms with van der Waals surface area (Å²) in [6, 6.07) is 16.8. The van der Waals surface area contributed by atoms with Gasteiger partial charge in [0.05, 0.1) is 13.2 Å². The van der Waals surface area contributed by atoms with Crippen molar-refractivity contribution in [2.45, 2.75) is 31.7 Å². The van der Waals surface area contributed by atoms with Crippen molar-refractivity contribution in [1.82, 2.24) is 15.2 Å². The average molecular weight is 449 g/mol. The minimum Gasteiger partial charge on any atom is -0.496 e. The molecule has 0 radical (unpaired) electrons. The van der Waals surface area contributed by atoms with Crippen LogP contribution in [-0.2, 0) is 4.79 Å². The number of aromatic nitrogens is 1. The van der Waals surface area contributed by atoms with Gasteiger partial charge in [0, 0.05) is 31.1 Å². The van der Waals surface area contributed by atoms with Crippen LogP contribution in [0.25, 0.3) is 11.1 Å².